The third-order valence-electron chi connectivity index (χ3n) is 4.39. The topological polar surface area (TPSA) is 81.6 Å². The van der Waals surface area contributed by atoms with Crippen molar-refractivity contribution in [3.63, 3.8) is 0 Å². The number of nitrogens with zero attached hydrogens (tertiary/aromatic N) is 2. The second kappa shape index (κ2) is 8.80. The number of halogens is 1. The first-order valence-electron chi connectivity index (χ1n) is 8.03. The third-order valence-corrected chi connectivity index (χ3v) is 4.39. The van der Waals surface area contributed by atoms with Gasteiger partial charge in [-0.25, -0.2) is 0 Å². The molecule has 1 heterocycles. The minimum Gasteiger partial charge on any atom is -0.492 e. The fourth-order valence-corrected chi connectivity index (χ4v) is 3.11. The van der Waals surface area contributed by atoms with Crippen molar-refractivity contribution in [3.8, 4) is 5.75 Å². The van der Waals surface area contributed by atoms with Crippen LogP contribution in [0.5, 0.6) is 5.75 Å². The van der Waals surface area contributed by atoms with Crippen molar-refractivity contribution in [2.24, 2.45) is 5.73 Å². The molecule has 0 saturated carbocycles. The van der Waals surface area contributed by atoms with Crippen LogP contribution in [0.4, 0.5) is 5.69 Å². The Morgan fingerprint density at radius 3 is 2.44 bits per heavy atom. The number of hydrogen-bond acceptors (Lipinski definition) is 5. The number of benzene rings is 2. The summed E-state index contributed by atoms with van der Waals surface area (Å²) in [5.41, 5.74) is 7.63. The lowest BCUT2D eigenvalue weighted by molar-refractivity contribution is -0.384. The highest BCUT2D eigenvalue weighted by atomic mass is 35.5. The van der Waals surface area contributed by atoms with Gasteiger partial charge in [-0.1, -0.05) is 30.3 Å². The second-order valence-electron chi connectivity index (χ2n) is 6.04. The van der Waals surface area contributed by atoms with Gasteiger partial charge < -0.3 is 10.5 Å². The largest absolute Gasteiger partial charge is 0.492 e. The predicted molar refractivity (Wildman–Crippen MR) is 99.4 cm³/mol. The standard InChI is InChI=1S/C18H21N3O3.ClH/c19-18-13-20(12-17(18)14-4-2-1-3-5-14)10-11-24-16-8-6-15(7-9-16)21(22)23;/h1-9,17-18H,10-13,19H2;1H/t17-,18+;/m0./s1. The highest BCUT2D eigenvalue weighted by Gasteiger charge is 2.30. The molecule has 2 aromatic carbocycles. The number of likely N-dealkylation sites (tertiary alicyclic amines) is 1. The Morgan fingerprint density at radius 1 is 1.12 bits per heavy atom. The van der Waals surface area contributed by atoms with Gasteiger partial charge in [0.25, 0.3) is 5.69 Å². The zero-order valence-electron chi connectivity index (χ0n) is 13.8. The first-order valence-corrected chi connectivity index (χ1v) is 8.03. The molecule has 7 heteroatoms. The molecule has 1 aliphatic rings. The van der Waals surface area contributed by atoms with Gasteiger partial charge in [-0.15, -0.1) is 12.4 Å². The molecule has 0 aromatic heterocycles. The number of nitro benzene ring substituents is 1. The van der Waals surface area contributed by atoms with Gasteiger partial charge in [0.2, 0.25) is 0 Å². The van der Waals surface area contributed by atoms with Gasteiger partial charge >= 0.3 is 0 Å². The molecule has 0 bridgehead atoms. The summed E-state index contributed by atoms with van der Waals surface area (Å²) in [4.78, 5) is 12.5. The zero-order chi connectivity index (χ0) is 16.9. The molecule has 2 aromatic rings. The Balaban J connectivity index is 0.00000225. The maximum Gasteiger partial charge on any atom is 0.269 e. The molecular formula is C18H22ClN3O3. The van der Waals surface area contributed by atoms with Gasteiger partial charge in [0.1, 0.15) is 12.4 Å². The van der Waals surface area contributed by atoms with Crippen molar-refractivity contribution in [3.05, 3.63) is 70.3 Å². The molecule has 0 aliphatic carbocycles. The van der Waals surface area contributed by atoms with Gasteiger partial charge in [-0.3, -0.25) is 15.0 Å². The lowest BCUT2D eigenvalue weighted by atomic mass is 9.95. The molecule has 6 nitrogen and oxygen atoms in total. The summed E-state index contributed by atoms with van der Waals surface area (Å²) in [6.07, 6.45) is 0. The molecule has 1 aliphatic heterocycles. The SMILES string of the molecule is Cl.N[C@@H]1CN(CCOc2ccc([N+](=O)[O-])cc2)C[C@H]1c1ccccc1. The Bertz CT molecular complexity index is 682. The van der Waals surface area contributed by atoms with E-state index in [0.717, 1.165) is 19.6 Å². The molecular weight excluding hydrogens is 342 g/mol. The molecule has 3 rings (SSSR count). The lowest BCUT2D eigenvalue weighted by Crippen LogP contribution is -2.30. The van der Waals surface area contributed by atoms with Crippen LogP contribution >= 0.6 is 12.4 Å². The average Bonchev–Trinajstić information content (AvgIpc) is 2.97. The maximum atomic E-state index is 10.6. The minimum atomic E-state index is -0.418. The van der Waals surface area contributed by atoms with E-state index in [4.69, 9.17) is 10.5 Å². The van der Waals surface area contributed by atoms with E-state index >= 15 is 0 Å². The van der Waals surface area contributed by atoms with Crippen LogP contribution in [0.2, 0.25) is 0 Å². The van der Waals surface area contributed by atoms with Gasteiger partial charge in [0, 0.05) is 43.7 Å². The summed E-state index contributed by atoms with van der Waals surface area (Å²) in [5, 5.41) is 10.6. The monoisotopic (exact) mass is 363 g/mol. The van der Waals surface area contributed by atoms with Crippen LogP contribution in [-0.4, -0.2) is 42.1 Å². The lowest BCUT2D eigenvalue weighted by Gasteiger charge is -2.16. The fourth-order valence-electron chi connectivity index (χ4n) is 3.11. The molecule has 2 atom stereocenters. The van der Waals surface area contributed by atoms with E-state index in [-0.39, 0.29) is 24.1 Å². The molecule has 25 heavy (non-hydrogen) atoms. The van der Waals surface area contributed by atoms with Crippen molar-refractivity contribution < 1.29 is 9.66 Å². The van der Waals surface area contributed by atoms with Crippen LogP contribution in [0.3, 0.4) is 0 Å². The van der Waals surface area contributed by atoms with E-state index < -0.39 is 4.92 Å². The molecule has 2 N–H and O–H groups in total. The van der Waals surface area contributed by atoms with Crippen LogP contribution in [0.25, 0.3) is 0 Å². The quantitative estimate of drug-likeness (QED) is 0.630. The molecule has 0 unspecified atom stereocenters. The van der Waals surface area contributed by atoms with E-state index in [9.17, 15) is 10.1 Å². The van der Waals surface area contributed by atoms with Crippen LogP contribution in [0.15, 0.2) is 54.6 Å². The van der Waals surface area contributed by atoms with Gasteiger partial charge in [-0.2, -0.15) is 0 Å². The van der Waals surface area contributed by atoms with Crippen LogP contribution in [0, 0.1) is 10.1 Å². The van der Waals surface area contributed by atoms with Crippen LogP contribution < -0.4 is 10.5 Å². The Morgan fingerprint density at radius 2 is 1.80 bits per heavy atom. The van der Waals surface area contributed by atoms with Crippen molar-refractivity contribution in [2.45, 2.75) is 12.0 Å². The van der Waals surface area contributed by atoms with Crippen molar-refractivity contribution >= 4 is 18.1 Å². The van der Waals surface area contributed by atoms with Gasteiger partial charge in [-0.05, 0) is 17.7 Å². The molecule has 0 spiro atoms. The second-order valence-corrected chi connectivity index (χ2v) is 6.04. The maximum absolute atomic E-state index is 10.6. The Labute approximate surface area is 153 Å². The van der Waals surface area contributed by atoms with E-state index in [1.54, 1.807) is 12.1 Å². The highest BCUT2D eigenvalue weighted by molar-refractivity contribution is 5.85. The number of nitrogens with two attached hydrogens (primary N) is 1. The summed E-state index contributed by atoms with van der Waals surface area (Å²) in [7, 11) is 0. The molecule has 134 valence electrons. The summed E-state index contributed by atoms with van der Waals surface area (Å²) in [6.45, 7) is 3.10. The number of non-ortho nitro benzene ring substituents is 1. The molecule has 1 fully saturated rings. The van der Waals surface area contributed by atoms with E-state index in [0.29, 0.717) is 18.3 Å². The number of hydrogen-bond donors (Lipinski definition) is 1. The first-order chi connectivity index (χ1) is 11.6. The van der Waals surface area contributed by atoms with E-state index in [1.807, 2.05) is 18.2 Å². The van der Waals surface area contributed by atoms with Crippen molar-refractivity contribution in [1.29, 1.82) is 0 Å². The predicted octanol–water partition coefficient (Wildman–Crippen LogP) is 2.82. The molecule has 0 amide bonds. The zero-order valence-corrected chi connectivity index (χ0v) is 14.6. The average molecular weight is 364 g/mol. The normalized spacial score (nSPS) is 20.0. The summed E-state index contributed by atoms with van der Waals surface area (Å²) < 4.78 is 5.67. The van der Waals surface area contributed by atoms with E-state index in [2.05, 4.69) is 17.0 Å². The number of rotatable bonds is 6. The summed E-state index contributed by atoms with van der Waals surface area (Å²) >= 11 is 0. The van der Waals surface area contributed by atoms with Gasteiger partial charge in [0.05, 0.1) is 4.92 Å². The summed E-state index contributed by atoms with van der Waals surface area (Å²) in [5.74, 6) is 0.995. The Hall–Kier alpha value is -2.15. The van der Waals surface area contributed by atoms with Crippen LogP contribution in [-0.2, 0) is 0 Å². The van der Waals surface area contributed by atoms with Crippen molar-refractivity contribution in [2.75, 3.05) is 26.2 Å². The number of ether oxygens (including phenoxy) is 1. The third kappa shape index (κ3) is 4.92. The summed E-state index contributed by atoms with van der Waals surface area (Å²) in [6, 6.07) is 16.6. The Kier molecular flexibility index (Phi) is 6.75. The fraction of sp³-hybridized carbons (Fsp3) is 0.333. The minimum absolute atomic E-state index is 0. The van der Waals surface area contributed by atoms with E-state index in [1.165, 1.54) is 17.7 Å². The first kappa shape index (κ1) is 19.2. The van der Waals surface area contributed by atoms with Crippen molar-refractivity contribution in [1.82, 2.24) is 4.90 Å². The highest BCUT2D eigenvalue weighted by Crippen LogP contribution is 2.26. The molecule has 1 saturated heterocycles. The molecule has 0 radical (unpaired) electrons. The van der Waals surface area contributed by atoms with Gasteiger partial charge in [0.15, 0.2) is 0 Å². The number of nitro groups is 1. The van der Waals surface area contributed by atoms with Crippen LogP contribution in [0.1, 0.15) is 11.5 Å². The smallest absolute Gasteiger partial charge is 0.269 e.